The summed E-state index contributed by atoms with van der Waals surface area (Å²) in [6.07, 6.45) is -5.43. The molecule has 9 atom stereocenters. The van der Waals surface area contributed by atoms with Crippen molar-refractivity contribution in [1.29, 1.82) is 0 Å². The van der Waals surface area contributed by atoms with Crippen LogP contribution in [0.2, 0.25) is 0 Å². The lowest BCUT2D eigenvalue weighted by Crippen LogP contribution is -2.58. The monoisotopic (exact) mass is 424 g/mol. The van der Waals surface area contributed by atoms with Gasteiger partial charge in [0, 0.05) is 12.4 Å². The second kappa shape index (κ2) is 10.2. The molecule has 1 aliphatic heterocycles. The van der Waals surface area contributed by atoms with E-state index in [0.29, 0.717) is 0 Å². The van der Waals surface area contributed by atoms with Crippen molar-refractivity contribution in [3.63, 3.8) is 0 Å². The van der Waals surface area contributed by atoms with Gasteiger partial charge < -0.3 is 39.4 Å². The first kappa shape index (κ1) is 23.3. The van der Waals surface area contributed by atoms with Crippen molar-refractivity contribution in [3.05, 3.63) is 0 Å². The lowest BCUT2D eigenvalue weighted by atomic mass is 9.77. The van der Waals surface area contributed by atoms with E-state index in [0.717, 1.165) is 11.8 Å². The molecule has 162 valence electrons. The van der Waals surface area contributed by atoms with E-state index < -0.39 is 66.3 Å². The molecule has 0 spiro atoms. The average Bonchev–Trinajstić information content (AvgIpc) is 2.72. The van der Waals surface area contributed by atoms with Crippen molar-refractivity contribution in [1.82, 2.24) is 0 Å². The van der Waals surface area contributed by atoms with Crippen molar-refractivity contribution in [3.8, 4) is 0 Å². The molecule has 0 radical (unpaired) electrons. The summed E-state index contributed by atoms with van der Waals surface area (Å²) in [7, 11) is 3.95. The minimum Gasteiger partial charge on any atom is -0.469 e. The van der Waals surface area contributed by atoms with Crippen LogP contribution in [0.15, 0.2) is 0 Å². The minimum absolute atomic E-state index is 0.199. The molecule has 1 saturated carbocycles. The van der Waals surface area contributed by atoms with Crippen molar-refractivity contribution in [2.24, 2.45) is 11.8 Å². The van der Waals surface area contributed by atoms with Gasteiger partial charge in [-0.05, 0) is 12.8 Å². The number of hydrogen-bond acceptors (Lipinski definition) is 11. The molecule has 0 aromatic carbocycles. The zero-order chi connectivity index (χ0) is 21.0. The van der Waals surface area contributed by atoms with Crippen molar-refractivity contribution in [2.45, 2.75) is 54.0 Å². The van der Waals surface area contributed by atoms with Crippen molar-refractivity contribution >= 4 is 23.7 Å². The van der Waals surface area contributed by atoms with Gasteiger partial charge in [0.25, 0.3) is 0 Å². The second-order valence-corrected chi connectivity index (χ2v) is 8.22. The van der Waals surface area contributed by atoms with Crippen LogP contribution in [0, 0.1) is 11.8 Å². The number of carbonyl (C=O) groups is 2. The van der Waals surface area contributed by atoms with Crippen LogP contribution in [0.5, 0.6) is 0 Å². The van der Waals surface area contributed by atoms with E-state index in [2.05, 4.69) is 0 Å². The second-order valence-electron chi connectivity index (χ2n) is 6.88. The van der Waals surface area contributed by atoms with Crippen LogP contribution >= 0.6 is 11.8 Å². The first-order valence-corrected chi connectivity index (χ1v) is 9.87. The summed E-state index contributed by atoms with van der Waals surface area (Å²) in [5.41, 5.74) is -0.967. The summed E-state index contributed by atoms with van der Waals surface area (Å²) in [5.74, 6) is -2.57. The molecule has 2 rings (SSSR count). The lowest BCUT2D eigenvalue weighted by molar-refractivity contribution is -0.206. The number of ether oxygens (including phenoxy) is 4. The molecule has 11 heteroatoms. The van der Waals surface area contributed by atoms with Gasteiger partial charge >= 0.3 is 11.9 Å². The van der Waals surface area contributed by atoms with Crippen molar-refractivity contribution in [2.75, 3.05) is 27.9 Å². The first-order chi connectivity index (χ1) is 13.3. The Bertz CT molecular complexity index is 544. The largest absolute Gasteiger partial charge is 0.469 e. The highest BCUT2D eigenvalue weighted by molar-refractivity contribution is 8.00. The van der Waals surface area contributed by atoms with Crippen molar-refractivity contribution < 1.29 is 49.0 Å². The topological polar surface area (TPSA) is 152 Å². The van der Waals surface area contributed by atoms with Crippen LogP contribution < -0.4 is 0 Å². The van der Waals surface area contributed by atoms with Crippen LogP contribution in [0.3, 0.4) is 0 Å². The van der Waals surface area contributed by atoms with Gasteiger partial charge in [-0.15, -0.1) is 11.8 Å². The number of methoxy groups -OCH3 is 3. The molecule has 10 nitrogen and oxygen atoms in total. The first-order valence-electron chi connectivity index (χ1n) is 8.93. The molecule has 0 aromatic rings. The Labute approximate surface area is 167 Å². The van der Waals surface area contributed by atoms with Gasteiger partial charge in [0.2, 0.25) is 0 Å². The molecule has 28 heavy (non-hydrogen) atoms. The molecule has 0 bridgehead atoms. The molecule has 0 unspecified atom stereocenters. The molecule has 2 aliphatic rings. The summed E-state index contributed by atoms with van der Waals surface area (Å²) in [6, 6.07) is 0. The minimum atomic E-state index is -1.49. The fraction of sp³-hybridized carbons (Fsp3) is 0.882. The summed E-state index contributed by atoms with van der Waals surface area (Å²) < 4.78 is 20.6. The van der Waals surface area contributed by atoms with Crippen LogP contribution in [-0.2, 0) is 28.5 Å². The molecule has 1 heterocycles. The Hall–Kier alpha value is -0.950. The number of aliphatic hydroxyl groups is 4. The summed E-state index contributed by atoms with van der Waals surface area (Å²) in [5, 5.41) is 39.1. The molecular formula is C17H28O10S. The molecule has 0 amide bonds. The quantitative estimate of drug-likeness (QED) is 0.360. The molecule has 2 fully saturated rings. The normalized spacial score (nSPS) is 41.3. The zero-order valence-corrected chi connectivity index (χ0v) is 16.8. The number of thioether (sulfide) groups is 1. The molecule has 4 N–H and O–H groups in total. The van der Waals surface area contributed by atoms with E-state index >= 15 is 0 Å². The van der Waals surface area contributed by atoms with Crippen LogP contribution in [0.1, 0.15) is 12.8 Å². The van der Waals surface area contributed by atoms with Gasteiger partial charge in [0.15, 0.2) is 0 Å². The highest BCUT2D eigenvalue weighted by atomic mass is 32.2. The molecule has 0 aromatic heterocycles. The zero-order valence-electron chi connectivity index (χ0n) is 16.0. The van der Waals surface area contributed by atoms with Crippen LogP contribution in [0.25, 0.3) is 0 Å². The predicted molar refractivity (Wildman–Crippen MR) is 96.2 cm³/mol. The highest BCUT2D eigenvalue weighted by Gasteiger charge is 2.49. The average molecular weight is 424 g/mol. The maximum Gasteiger partial charge on any atom is 0.309 e. The summed E-state index contributed by atoms with van der Waals surface area (Å²) >= 11 is 1.12. The third-order valence-corrected chi connectivity index (χ3v) is 6.84. The SMILES string of the molecule is COC(=O)[C@H]1C[C@H](OC)[C@@H](S[C@H]2O[C@H](CO)[C@@H](O)[C@H](O)[C@@H]2O)C[C@@H]1C(=O)OC. The number of esters is 2. The Morgan fingerprint density at radius 1 is 0.964 bits per heavy atom. The summed E-state index contributed by atoms with van der Waals surface area (Å²) in [4.78, 5) is 24.3. The smallest absolute Gasteiger partial charge is 0.309 e. The van der Waals surface area contributed by atoms with Crippen LogP contribution in [0.4, 0.5) is 0 Å². The maximum absolute atomic E-state index is 12.2. The van der Waals surface area contributed by atoms with E-state index in [-0.39, 0.29) is 18.1 Å². The number of carbonyl (C=O) groups excluding carboxylic acids is 2. The highest BCUT2D eigenvalue weighted by Crippen LogP contribution is 2.42. The number of hydrogen-bond donors (Lipinski definition) is 4. The van der Waals surface area contributed by atoms with Gasteiger partial charge in [0.05, 0.1) is 38.8 Å². The van der Waals surface area contributed by atoms with E-state index in [9.17, 15) is 30.0 Å². The maximum atomic E-state index is 12.2. The van der Waals surface area contributed by atoms with Crippen LogP contribution in [-0.4, -0.2) is 102 Å². The number of rotatable bonds is 6. The Morgan fingerprint density at radius 2 is 1.54 bits per heavy atom. The number of aliphatic hydroxyl groups excluding tert-OH is 4. The summed E-state index contributed by atoms with van der Waals surface area (Å²) in [6.45, 7) is -0.532. The van der Waals surface area contributed by atoms with Gasteiger partial charge in [-0.2, -0.15) is 0 Å². The van der Waals surface area contributed by atoms with Gasteiger partial charge in [-0.3, -0.25) is 9.59 Å². The van der Waals surface area contributed by atoms with E-state index in [1.165, 1.54) is 21.3 Å². The van der Waals surface area contributed by atoms with Gasteiger partial charge in [-0.25, -0.2) is 0 Å². The van der Waals surface area contributed by atoms with E-state index in [4.69, 9.17) is 18.9 Å². The Morgan fingerprint density at radius 3 is 2.04 bits per heavy atom. The van der Waals surface area contributed by atoms with Gasteiger partial charge in [-0.1, -0.05) is 0 Å². The molecule has 1 saturated heterocycles. The standard InChI is InChI=1S/C17H28O10S/c1-24-9-4-7(15(22)25-2)8(16(23)26-3)5-11(9)28-17-14(21)13(20)12(19)10(6-18)27-17/h7-14,17-21H,4-6H2,1-3H3/t7-,8-,9-,10+,11-,12+,13-,14-,17+/m0/s1. The van der Waals surface area contributed by atoms with E-state index in [1.807, 2.05) is 0 Å². The third kappa shape index (κ3) is 4.78. The Balaban J connectivity index is 2.19. The fourth-order valence-corrected chi connectivity index (χ4v) is 5.29. The Kier molecular flexibility index (Phi) is 8.49. The fourth-order valence-electron chi connectivity index (χ4n) is 3.70. The third-order valence-electron chi connectivity index (χ3n) is 5.34. The van der Waals surface area contributed by atoms with Gasteiger partial charge in [0.1, 0.15) is 29.9 Å². The molecule has 1 aliphatic carbocycles. The van der Waals surface area contributed by atoms with E-state index in [1.54, 1.807) is 0 Å². The lowest BCUT2D eigenvalue weighted by Gasteiger charge is -2.43. The predicted octanol–water partition coefficient (Wildman–Crippen LogP) is -1.72. The molecular weight excluding hydrogens is 396 g/mol.